The second-order valence-corrected chi connectivity index (χ2v) is 7.25. The first-order valence-corrected chi connectivity index (χ1v) is 10.1. The molecule has 156 valence electrons. The molecule has 2 aromatic heterocycles. The molecule has 30 heavy (non-hydrogen) atoms. The van der Waals surface area contributed by atoms with Gasteiger partial charge in [-0.05, 0) is 38.0 Å². The van der Waals surface area contributed by atoms with E-state index in [-0.39, 0.29) is 17.9 Å². The molecule has 4 rings (SSSR count). The number of nitrogens with one attached hydrogen (secondary N) is 3. The Labute approximate surface area is 174 Å². The molecule has 1 aromatic carbocycles. The van der Waals surface area contributed by atoms with E-state index in [4.69, 9.17) is 0 Å². The second-order valence-electron chi connectivity index (χ2n) is 7.25. The van der Waals surface area contributed by atoms with Crippen LogP contribution in [0.4, 0.5) is 10.5 Å². The number of H-pyrrole nitrogens is 1. The number of hydrogen-bond acceptors (Lipinski definition) is 4. The van der Waals surface area contributed by atoms with Gasteiger partial charge in [0.25, 0.3) is 5.91 Å². The van der Waals surface area contributed by atoms with Gasteiger partial charge in [0.15, 0.2) is 5.69 Å². The zero-order valence-electron chi connectivity index (χ0n) is 16.8. The Morgan fingerprint density at radius 3 is 2.87 bits per heavy atom. The number of carbonyl (C=O) groups excluding carboxylic acids is 2. The predicted molar refractivity (Wildman–Crippen MR) is 113 cm³/mol. The molecular formula is C21H25N7O2. The lowest BCUT2D eigenvalue weighted by molar-refractivity contribution is 0.0699. The van der Waals surface area contributed by atoms with Gasteiger partial charge in [0.1, 0.15) is 0 Å². The number of likely N-dealkylation sites (tertiary alicyclic amines) is 1. The molecule has 0 radical (unpaired) electrons. The second kappa shape index (κ2) is 8.81. The van der Waals surface area contributed by atoms with Gasteiger partial charge in [0, 0.05) is 31.7 Å². The number of hydrogen-bond donors (Lipinski definition) is 3. The van der Waals surface area contributed by atoms with Crippen molar-refractivity contribution in [2.75, 3.05) is 25.0 Å². The largest absolute Gasteiger partial charge is 0.338 e. The van der Waals surface area contributed by atoms with Crippen molar-refractivity contribution in [1.82, 2.24) is 30.2 Å². The van der Waals surface area contributed by atoms with Crippen molar-refractivity contribution in [2.24, 2.45) is 0 Å². The molecule has 3 N–H and O–H groups in total. The molecule has 1 aliphatic rings. The lowest BCUT2D eigenvalue weighted by atomic mass is 9.94. The molecule has 3 aromatic rings. The number of amides is 3. The topological polar surface area (TPSA) is 108 Å². The van der Waals surface area contributed by atoms with Crippen LogP contribution in [-0.2, 0) is 0 Å². The van der Waals surface area contributed by atoms with Crippen molar-refractivity contribution < 1.29 is 9.59 Å². The summed E-state index contributed by atoms with van der Waals surface area (Å²) in [6.45, 7) is 3.63. The summed E-state index contributed by atoms with van der Waals surface area (Å²) in [5, 5.41) is 17.1. The third kappa shape index (κ3) is 4.19. The Kier molecular flexibility index (Phi) is 5.78. The molecule has 3 heterocycles. The molecule has 1 fully saturated rings. The van der Waals surface area contributed by atoms with Crippen molar-refractivity contribution in [3.63, 3.8) is 0 Å². The van der Waals surface area contributed by atoms with Crippen molar-refractivity contribution in [2.45, 2.75) is 25.7 Å². The monoisotopic (exact) mass is 407 g/mol. The summed E-state index contributed by atoms with van der Waals surface area (Å²) < 4.78 is 1.71. The Morgan fingerprint density at radius 1 is 1.23 bits per heavy atom. The number of piperidine rings is 1. The van der Waals surface area contributed by atoms with Gasteiger partial charge in [-0.1, -0.05) is 18.2 Å². The van der Waals surface area contributed by atoms with Gasteiger partial charge in [-0.3, -0.25) is 9.89 Å². The molecular weight excluding hydrogens is 382 g/mol. The average Bonchev–Trinajstić information content (AvgIpc) is 3.44. The summed E-state index contributed by atoms with van der Waals surface area (Å²) in [6, 6.07) is 11.2. The molecule has 1 atom stereocenters. The Balaban J connectivity index is 1.46. The van der Waals surface area contributed by atoms with E-state index in [0.717, 1.165) is 24.2 Å². The van der Waals surface area contributed by atoms with Crippen LogP contribution in [0.5, 0.6) is 0 Å². The average molecular weight is 407 g/mol. The number of carbonyl (C=O) groups is 2. The number of aromatic nitrogens is 4. The maximum absolute atomic E-state index is 13.1. The van der Waals surface area contributed by atoms with Crippen molar-refractivity contribution in [3.05, 3.63) is 60.2 Å². The fourth-order valence-electron chi connectivity index (χ4n) is 3.76. The van der Waals surface area contributed by atoms with Crippen LogP contribution in [-0.4, -0.2) is 56.5 Å². The summed E-state index contributed by atoms with van der Waals surface area (Å²) in [4.78, 5) is 26.8. The molecule has 1 unspecified atom stereocenters. The number of nitrogens with zero attached hydrogens (tertiary/aromatic N) is 4. The highest BCUT2D eigenvalue weighted by molar-refractivity contribution is 5.92. The van der Waals surface area contributed by atoms with Crippen molar-refractivity contribution >= 4 is 17.6 Å². The molecule has 9 heteroatoms. The van der Waals surface area contributed by atoms with E-state index in [9.17, 15) is 9.59 Å². The quantitative estimate of drug-likeness (QED) is 0.604. The first-order chi connectivity index (χ1) is 14.7. The SMILES string of the molecule is CCNC(=O)Nc1cn[nH]c1C1CCCN(C(=O)c2ccn(-c3ccccc3)n2)C1. The summed E-state index contributed by atoms with van der Waals surface area (Å²) in [6.07, 6.45) is 5.18. The van der Waals surface area contributed by atoms with Gasteiger partial charge in [0.2, 0.25) is 0 Å². The van der Waals surface area contributed by atoms with E-state index < -0.39 is 0 Å². The molecule has 9 nitrogen and oxygen atoms in total. The summed E-state index contributed by atoms with van der Waals surface area (Å²) in [5.41, 5.74) is 2.82. The number of urea groups is 1. The minimum Gasteiger partial charge on any atom is -0.338 e. The summed E-state index contributed by atoms with van der Waals surface area (Å²) in [5.74, 6) is -0.0227. The van der Waals surface area contributed by atoms with Gasteiger partial charge in [0.05, 0.1) is 23.3 Å². The Morgan fingerprint density at radius 2 is 2.07 bits per heavy atom. The number of para-hydroxylation sites is 1. The fourth-order valence-corrected chi connectivity index (χ4v) is 3.76. The lowest BCUT2D eigenvalue weighted by Crippen LogP contribution is -2.39. The highest BCUT2D eigenvalue weighted by Gasteiger charge is 2.29. The molecule has 3 amide bonds. The first kappa shape index (κ1) is 19.7. The third-order valence-corrected chi connectivity index (χ3v) is 5.20. The van der Waals surface area contributed by atoms with Crippen LogP contribution in [0.3, 0.4) is 0 Å². The smallest absolute Gasteiger partial charge is 0.319 e. The van der Waals surface area contributed by atoms with Gasteiger partial charge >= 0.3 is 6.03 Å². The molecule has 0 bridgehead atoms. The van der Waals surface area contributed by atoms with Crippen molar-refractivity contribution in [3.8, 4) is 5.69 Å². The van der Waals surface area contributed by atoms with Crippen LogP contribution in [0, 0.1) is 0 Å². The van der Waals surface area contributed by atoms with Crippen molar-refractivity contribution in [1.29, 1.82) is 0 Å². The zero-order valence-corrected chi connectivity index (χ0v) is 16.8. The van der Waals surface area contributed by atoms with Gasteiger partial charge < -0.3 is 15.5 Å². The molecule has 0 aliphatic carbocycles. The molecule has 0 spiro atoms. The van der Waals surface area contributed by atoms with E-state index in [2.05, 4.69) is 25.9 Å². The van der Waals surface area contributed by atoms with Crippen LogP contribution in [0.25, 0.3) is 5.69 Å². The van der Waals surface area contributed by atoms with E-state index in [1.54, 1.807) is 23.1 Å². The first-order valence-electron chi connectivity index (χ1n) is 10.1. The number of benzene rings is 1. The standard InChI is InChI=1S/C21H25N7O2/c1-2-22-21(30)24-18-13-23-25-19(18)15-7-6-11-27(14-15)20(29)17-10-12-28(26-17)16-8-4-3-5-9-16/h3-5,8-10,12-13,15H,2,6-7,11,14H2,1H3,(H,23,25)(H2,22,24,30). The summed E-state index contributed by atoms with van der Waals surface area (Å²) in [7, 11) is 0. The number of aromatic amines is 1. The minimum atomic E-state index is -0.268. The van der Waals surface area contributed by atoms with Gasteiger partial charge in [-0.15, -0.1) is 0 Å². The van der Waals surface area contributed by atoms with Gasteiger partial charge in [-0.2, -0.15) is 10.2 Å². The highest BCUT2D eigenvalue weighted by Crippen LogP contribution is 2.30. The van der Waals surface area contributed by atoms with E-state index in [1.165, 1.54) is 0 Å². The number of rotatable bonds is 5. The Bertz CT molecular complexity index is 1010. The van der Waals surface area contributed by atoms with Crippen LogP contribution in [0.15, 0.2) is 48.8 Å². The Hall–Kier alpha value is -3.62. The van der Waals surface area contributed by atoms with E-state index in [1.807, 2.05) is 42.2 Å². The maximum Gasteiger partial charge on any atom is 0.319 e. The molecule has 1 saturated heterocycles. The normalized spacial score (nSPS) is 16.3. The van der Waals surface area contributed by atoms with E-state index in [0.29, 0.717) is 31.0 Å². The molecule has 1 aliphatic heterocycles. The van der Waals surface area contributed by atoms with E-state index >= 15 is 0 Å². The third-order valence-electron chi connectivity index (χ3n) is 5.20. The van der Waals surface area contributed by atoms with Crippen LogP contribution >= 0.6 is 0 Å². The lowest BCUT2D eigenvalue weighted by Gasteiger charge is -2.32. The fraction of sp³-hybridized carbons (Fsp3) is 0.333. The number of anilines is 1. The minimum absolute atomic E-state index is 0.0679. The maximum atomic E-state index is 13.1. The zero-order chi connectivity index (χ0) is 20.9. The molecule has 0 saturated carbocycles. The van der Waals surface area contributed by atoms with Crippen LogP contribution in [0.1, 0.15) is 41.9 Å². The van der Waals surface area contributed by atoms with Gasteiger partial charge in [-0.25, -0.2) is 9.48 Å². The van der Waals surface area contributed by atoms with Crippen LogP contribution < -0.4 is 10.6 Å². The predicted octanol–water partition coefficient (Wildman–Crippen LogP) is 2.76. The van der Waals surface area contributed by atoms with Crippen LogP contribution in [0.2, 0.25) is 0 Å². The highest BCUT2D eigenvalue weighted by atomic mass is 16.2. The summed E-state index contributed by atoms with van der Waals surface area (Å²) >= 11 is 0.